The van der Waals surface area contributed by atoms with Gasteiger partial charge in [-0.3, -0.25) is 9.36 Å². The van der Waals surface area contributed by atoms with E-state index in [1.165, 1.54) is 173 Å². The fraction of sp³-hybridized carbons (Fsp3) is 0.863. The number of allylic oxidation sites excluding steroid dienone is 5. The number of nitrogens with one attached hydrogen (secondary N) is 1. The Morgan fingerprint density at radius 1 is 0.567 bits per heavy atom. The summed E-state index contributed by atoms with van der Waals surface area (Å²) in [5, 5.41) is 13.8. The Bertz CT molecular complexity index is 1070. The van der Waals surface area contributed by atoms with Gasteiger partial charge in [0, 0.05) is 6.42 Å². The number of carbonyl (C=O) groups excluding carboxylic acids is 1. The van der Waals surface area contributed by atoms with Crippen LogP contribution in [0.25, 0.3) is 0 Å². The smallest absolute Gasteiger partial charge is 0.268 e. The molecule has 0 aliphatic rings. The summed E-state index contributed by atoms with van der Waals surface area (Å²) >= 11 is 0. The summed E-state index contributed by atoms with van der Waals surface area (Å²) in [5.74, 6) is -0.206. The van der Waals surface area contributed by atoms with E-state index in [1.807, 2.05) is 27.2 Å². The van der Waals surface area contributed by atoms with E-state index in [4.69, 9.17) is 9.05 Å². The molecule has 0 rings (SSSR count). The maximum Gasteiger partial charge on any atom is 0.268 e. The van der Waals surface area contributed by atoms with E-state index in [-0.39, 0.29) is 12.5 Å². The Kier molecular flexibility index (Phi) is 42.1. The van der Waals surface area contributed by atoms with Crippen LogP contribution in [-0.2, 0) is 18.4 Å². The largest absolute Gasteiger partial charge is 0.756 e. The van der Waals surface area contributed by atoms with Gasteiger partial charge in [-0.1, -0.05) is 204 Å². The summed E-state index contributed by atoms with van der Waals surface area (Å²) in [6, 6.07) is -0.901. The summed E-state index contributed by atoms with van der Waals surface area (Å²) in [7, 11) is 1.25. The first kappa shape index (κ1) is 58.7. The van der Waals surface area contributed by atoms with Gasteiger partial charge in [0.2, 0.25) is 5.91 Å². The molecule has 0 radical (unpaired) electrons. The van der Waals surface area contributed by atoms with Gasteiger partial charge in [-0.2, -0.15) is 0 Å². The van der Waals surface area contributed by atoms with Crippen LogP contribution in [0.3, 0.4) is 0 Å². The van der Waals surface area contributed by atoms with E-state index < -0.39 is 26.6 Å². The molecule has 1 unspecified atom stereocenters. The third kappa shape index (κ3) is 44.8. The van der Waals surface area contributed by atoms with Crippen molar-refractivity contribution in [1.29, 1.82) is 0 Å². The van der Waals surface area contributed by atoms with Crippen molar-refractivity contribution in [2.75, 3.05) is 40.9 Å². The lowest BCUT2D eigenvalue weighted by Gasteiger charge is -2.29. The second-order valence-corrected chi connectivity index (χ2v) is 19.9. The van der Waals surface area contributed by atoms with Crippen molar-refractivity contribution in [3.63, 3.8) is 0 Å². The zero-order valence-electron chi connectivity index (χ0n) is 40.2. The lowest BCUT2D eigenvalue weighted by molar-refractivity contribution is -0.870. The first-order chi connectivity index (χ1) is 29.0. The molecule has 60 heavy (non-hydrogen) atoms. The first-order valence-electron chi connectivity index (χ1n) is 25.4. The van der Waals surface area contributed by atoms with Crippen LogP contribution in [0.5, 0.6) is 0 Å². The minimum Gasteiger partial charge on any atom is -0.756 e. The van der Waals surface area contributed by atoms with Gasteiger partial charge >= 0.3 is 0 Å². The molecule has 9 heteroatoms. The molecule has 0 aromatic heterocycles. The quantitative estimate of drug-likeness (QED) is 0.0273. The average Bonchev–Trinajstić information content (AvgIpc) is 3.20. The van der Waals surface area contributed by atoms with Crippen molar-refractivity contribution < 1.29 is 32.9 Å². The lowest BCUT2D eigenvalue weighted by atomic mass is 10.0. The number of unbranched alkanes of at least 4 members (excludes halogenated alkanes) is 29. The lowest BCUT2D eigenvalue weighted by Crippen LogP contribution is -2.45. The maximum atomic E-state index is 12.9. The number of likely N-dealkylation sites (N-methyl/N-ethyl adjacent to an activating group) is 1. The predicted molar refractivity (Wildman–Crippen MR) is 256 cm³/mol. The normalized spacial score (nSPS) is 14.4. The van der Waals surface area contributed by atoms with Crippen LogP contribution in [0.2, 0.25) is 0 Å². The minimum atomic E-state index is -4.60. The molecule has 0 heterocycles. The van der Waals surface area contributed by atoms with Gasteiger partial charge in [0.1, 0.15) is 13.2 Å². The third-order valence-corrected chi connectivity index (χ3v) is 12.3. The fourth-order valence-corrected chi connectivity index (χ4v) is 8.00. The van der Waals surface area contributed by atoms with Gasteiger partial charge in [0.25, 0.3) is 7.82 Å². The fourth-order valence-electron chi connectivity index (χ4n) is 7.28. The monoisotopic (exact) mass is 867 g/mol. The van der Waals surface area contributed by atoms with E-state index >= 15 is 0 Å². The summed E-state index contributed by atoms with van der Waals surface area (Å²) in [6.07, 6.45) is 53.5. The molecule has 0 aromatic carbocycles. The molecule has 0 fully saturated rings. The number of carbonyl (C=O) groups is 1. The standard InChI is InChI=1S/C51H99N2O6P/c1-6-8-10-12-14-16-18-20-22-23-24-25-26-27-28-29-31-33-35-37-39-41-43-45-51(55)52-49(48-59-60(56,57)58-47-46-53(3,4)5)50(54)44-42-40-38-36-34-32-30-21-19-17-15-13-11-9-7-2/h20,22,34,36,42,44,49-50,54H,6-19,21,23-33,35,37-41,43,45-48H2,1-5H3,(H-,52,55,56,57)/b22-20+,36-34+,44-42+/t49-,50+/m0/s1. The predicted octanol–water partition coefficient (Wildman–Crippen LogP) is 14.0. The van der Waals surface area contributed by atoms with Crippen LogP contribution in [0.15, 0.2) is 36.5 Å². The van der Waals surface area contributed by atoms with Gasteiger partial charge in [-0.05, 0) is 57.8 Å². The molecule has 2 N–H and O–H groups in total. The van der Waals surface area contributed by atoms with Crippen LogP contribution < -0.4 is 10.2 Å². The van der Waals surface area contributed by atoms with Crippen molar-refractivity contribution in [2.45, 2.75) is 244 Å². The third-order valence-electron chi connectivity index (χ3n) is 11.3. The number of quaternary nitrogens is 1. The van der Waals surface area contributed by atoms with E-state index in [9.17, 15) is 19.4 Å². The second-order valence-electron chi connectivity index (χ2n) is 18.5. The molecular weight excluding hydrogens is 768 g/mol. The van der Waals surface area contributed by atoms with Crippen molar-refractivity contribution in [3.05, 3.63) is 36.5 Å². The Hall–Kier alpha value is -1.28. The molecule has 8 nitrogen and oxygen atoms in total. The number of phosphoric ester groups is 1. The average molecular weight is 867 g/mol. The summed E-state index contributed by atoms with van der Waals surface area (Å²) in [5.41, 5.74) is 0. The SMILES string of the molecule is CCCCCCCC/C=C/CCCCCCCCCCCCCCCC(=O)N[C@@H](COP(=O)([O-])OCC[N+](C)(C)C)[C@H](O)/C=C/CC/C=C/CCCCCCCCCCC. The highest BCUT2D eigenvalue weighted by molar-refractivity contribution is 7.45. The number of aliphatic hydroxyl groups is 1. The highest BCUT2D eigenvalue weighted by Crippen LogP contribution is 2.38. The summed E-state index contributed by atoms with van der Waals surface area (Å²) in [6.45, 7) is 4.63. The molecule has 0 bridgehead atoms. The van der Waals surface area contributed by atoms with Crippen LogP contribution >= 0.6 is 7.82 Å². The highest BCUT2D eigenvalue weighted by Gasteiger charge is 2.23. The zero-order valence-corrected chi connectivity index (χ0v) is 41.1. The minimum absolute atomic E-state index is 0.00570. The van der Waals surface area contributed by atoms with E-state index in [2.05, 4.69) is 43.5 Å². The molecule has 354 valence electrons. The molecule has 1 amide bonds. The van der Waals surface area contributed by atoms with Crippen molar-refractivity contribution in [3.8, 4) is 0 Å². The number of aliphatic hydroxyl groups excluding tert-OH is 1. The molecule has 0 aliphatic heterocycles. The summed E-state index contributed by atoms with van der Waals surface area (Å²) in [4.78, 5) is 25.4. The van der Waals surface area contributed by atoms with E-state index in [0.29, 0.717) is 17.4 Å². The van der Waals surface area contributed by atoms with Crippen LogP contribution in [-0.4, -0.2) is 68.5 Å². The molecule has 0 aliphatic carbocycles. The zero-order chi connectivity index (χ0) is 44.3. The molecule has 0 saturated carbocycles. The van der Waals surface area contributed by atoms with Crippen molar-refractivity contribution in [1.82, 2.24) is 5.32 Å². The Morgan fingerprint density at radius 2 is 0.933 bits per heavy atom. The van der Waals surface area contributed by atoms with E-state index in [1.54, 1.807) is 6.08 Å². The van der Waals surface area contributed by atoms with Gasteiger partial charge in [0.05, 0.1) is 39.9 Å². The van der Waals surface area contributed by atoms with Crippen LogP contribution in [0.1, 0.15) is 232 Å². The first-order valence-corrected chi connectivity index (χ1v) is 26.8. The number of phosphoric acid groups is 1. The Morgan fingerprint density at radius 3 is 1.35 bits per heavy atom. The number of amides is 1. The molecule has 3 atom stereocenters. The van der Waals surface area contributed by atoms with Gasteiger partial charge in [-0.25, -0.2) is 0 Å². The number of hydrogen-bond acceptors (Lipinski definition) is 6. The number of nitrogens with zero attached hydrogens (tertiary/aromatic N) is 1. The number of hydrogen-bond donors (Lipinski definition) is 2. The molecule has 0 saturated heterocycles. The highest BCUT2D eigenvalue weighted by atomic mass is 31.2. The van der Waals surface area contributed by atoms with Crippen LogP contribution in [0.4, 0.5) is 0 Å². The molecular formula is C51H99N2O6P. The van der Waals surface area contributed by atoms with Crippen molar-refractivity contribution >= 4 is 13.7 Å². The maximum absolute atomic E-state index is 12.9. The van der Waals surface area contributed by atoms with Crippen LogP contribution in [0, 0.1) is 0 Å². The van der Waals surface area contributed by atoms with Gasteiger partial charge in [-0.15, -0.1) is 0 Å². The number of rotatable bonds is 46. The second kappa shape index (κ2) is 43.0. The van der Waals surface area contributed by atoms with Gasteiger partial charge < -0.3 is 28.8 Å². The van der Waals surface area contributed by atoms with E-state index in [0.717, 1.165) is 38.5 Å². The Balaban J connectivity index is 4.29. The van der Waals surface area contributed by atoms with Gasteiger partial charge in [0.15, 0.2) is 0 Å². The molecule has 0 aromatic rings. The summed E-state index contributed by atoms with van der Waals surface area (Å²) < 4.78 is 23.2. The molecule has 0 spiro atoms. The van der Waals surface area contributed by atoms with Crippen molar-refractivity contribution in [2.24, 2.45) is 0 Å². The Labute approximate surface area is 372 Å². The topological polar surface area (TPSA) is 108 Å².